The lowest BCUT2D eigenvalue weighted by Crippen LogP contribution is -2.20. The van der Waals surface area contributed by atoms with Crippen molar-refractivity contribution in [3.63, 3.8) is 0 Å². The van der Waals surface area contributed by atoms with Crippen LogP contribution in [0.1, 0.15) is 0 Å². The van der Waals surface area contributed by atoms with Crippen molar-refractivity contribution in [2.24, 2.45) is 0 Å². The molecule has 0 atom stereocenters. The van der Waals surface area contributed by atoms with Crippen LogP contribution < -0.4 is 10.6 Å². The van der Waals surface area contributed by atoms with Crippen molar-refractivity contribution in [1.82, 2.24) is 9.97 Å². The van der Waals surface area contributed by atoms with Gasteiger partial charge in [-0.3, -0.25) is 0 Å². The molecule has 0 aliphatic heterocycles. The number of nitrogen functional groups attached to an aromatic ring is 1. The molecule has 16 heavy (non-hydrogen) atoms. The zero-order valence-corrected chi connectivity index (χ0v) is 9.01. The molecule has 0 fully saturated rings. The van der Waals surface area contributed by atoms with Crippen LogP contribution in [-0.4, -0.2) is 23.6 Å². The van der Waals surface area contributed by atoms with E-state index in [1.54, 1.807) is 4.90 Å². The highest BCUT2D eigenvalue weighted by Crippen LogP contribution is 2.20. The summed E-state index contributed by atoms with van der Waals surface area (Å²) in [5.74, 6) is 3.57. The molecule has 0 saturated heterocycles. The van der Waals surface area contributed by atoms with E-state index >= 15 is 0 Å². The molecule has 2 N–H and O–H groups in total. The fourth-order valence-corrected chi connectivity index (χ4v) is 1.50. The van der Waals surface area contributed by atoms with Gasteiger partial charge in [0, 0.05) is 7.05 Å². The first-order valence-electron chi connectivity index (χ1n) is 4.89. The lowest BCUT2D eigenvalue weighted by Gasteiger charge is -2.16. The molecule has 0 aliphatic rings. The maximum Gasteiger partial charge on any atom is 0.172 e. The van der Waals surface area contributed by atoms with Crippen LogP contribution in [0, 0.1) is 12.3 Å². The Balaban J connectivity index is 2.54. The van der Waals surface area contributed by atoms with Gasteiger partial charge in [0.1, 0.15) is 0 Å². The van der Waals surface area contributed by atoms with Gasteiger partial charge in [-0.2, -0.15) is 0 Å². The summed E-state index contributed by atoms with van der Waals surface area (Å²) < 4.78 is 0. The van der Waals surface area contributed by atoms with E-state index in [0.29, 0.717) is 18.2 Å². The molecule has 0 amide bonds. The molecule has 0 saturated carbocycles. The van der Waals surface area contributed by atoms with Gasteiger partial charge in [0.15, 0.2) is 11.6 Å². The average Bonchev–Trinajstić information content (AvgIpc) is 2.28. The standard InChI is InChI=1S/C12H12N4/c1-3-8-16(2)12-11(13)14-9-6-4-5-7-10(9)15-12/h1,4-7H,8H2,2H3,(H2,13,14). The molecule has 0 unspecified atom stereocenters. The monoisotopic (exact) mass is 212 g/mol. The normalized spacial score (nSPS) is 10.0. The molecule has 4 nitrogen and oxygen atoms in total. The van der Waals surface area contributed by atoms with E-state index in [1.807, 2.05) is 31.3 Å². The molecule has 1 aromatic carbocycles. The predicted octanol–water partition coefficient (Wildman–Crippen LogP) is 1.28. The van der Waals surface area contributed by atoms with Gasteiger partial charge in [0.25, 0.3) is 0 Å². The Morgan fingerprint density at radius 3 is 2.56 bits per heavy atom. The van der Waals surface area contributed by atoms with Crippen molar-refractivity contribution >= 4 is 22.7 Å². The van der Waals surface area contributed by atoms with Gasteiger partial charge in [0.05, 0.1) is 17.6 Å². The zero-order chi connectivity index (χ0) is 11.5. The zero-order valence-electron chi connectivity index (χ0n) is 9.01. The number of rotatable bonds is 2. The number of anilines is 2. The Labute approximate surface area is 94.1 Å². The molecular formula is C12H12N4. The first-order chi connectivity index (χ1) is 7.72. The summed E-state index contributed by atoms with van der Waals surface area (Å²) in [5, 5.41) is 0. The topological polar surface area (TPSA) is 55.0 Å². The molecule has 0 spiro atoms. The third-order valence-electron chi connectivity index (χ3n) is 2.27. The van der Waals surface area contributed by atoms with Crippen molar-refractivity contribution < 1.29 is 0 Å². The lowest BCUT2D eigenvalue weighted by molar-refractivity contribution is 1.01. The SMILES string of the molecule is C#CCN(C)c1nc2ccccc2nc1N. The lowest BCUT2D eigenvalue weighted by atomic mass is 10.3. The van der Waals surface area contributed by atoms with Crippen LogP contribution in [0.5, 0.6) is 0 Å². The number of nitrogens with two attached hydrogens (primary N) is 1. The Bertz CT molecular complexity index is 556. The number of hydrogen-bond donors (Lipinski definition) is 1. The maximum atomic E-state index is 5.83. The second-order valence-corrected chi connectivity index (χ2v) is 3.48. The Hall–Kier alpha value is -2.28. The summed E-state index contributed by atoms with van der Waals surface area (Å²) in [7, 11) is 1.84. The Morgan fingerprint density at radius 2 is 1.94 bits per heavy atom. The van der Waals surface area contributed by atoms with E-state index in [2.05, 4.69) is 15.9 Å². The molecule has 80 valence electrons. The first-order valence-corrected chi connectivity index (χ1v) is 4.89. The highest BCUT2D eigenvalue weighted by molar-refractivity contribution is 5.79. The van der Waals surface area contributed by atoms with E-state index in [0.717, 1.165) is 11.0 Å². The fourth-order valence-electron chi connectivity index (χ4n) is 1.50. The van der Waals surface area contributed by atoms with Crippen LogP contribution in [0.25, 0.3) is 11.0 Å². The number of fused-ring (bicyclic) bond motifs is 1. The van der Waals surface area contributed by atoms with E-state index in [-0.39, 0.29) is 0 Å². The van der Waals surface area contributed by atoms with Gasteiger partial charge in [-0.05, 0) is 12.1 Å². The third kappa shape index (κ3) is 1.75. The number of aromatic nitrogens is 2. The highest BCUT2D eigenvalue weighted by Gasteiger charge is 2.08. The summed E-state index contributed by atoms with van der Waals surface area (Å²) in [5.41, 5.74) is 7.44. The van der Waals surface area contributed by atoms with Gasteiger partial charge >= 0.3 is 0 Å². The van der Waals surface area contributed by atoms with E-state index in [4.69, 9.17) is 12.2 Å². The maximum absolute atomic E-state index is 5.83. The van der Waals surface area contributed by atoms with Crippen LogP contribution in [-0.2, 0) is 0 Å². The molecule has 1 aromatic heterocycles. The van der Waals surface area contributed by atoms with Crippen molar-refractivity contribution in [3.05, 3.63) is 24.3 Å². The van der Waals surface area contributed by atoms with E-state index in [9.17, 15) is 0 Å². The van der Waals surface area contributed by atoms with Gasteiger partial charge in [-0.25, -0.2) is 9.97 Å². The van der Waals surface area contributed by atoms with Crippen molar-refractivity contribution in [2.45, 2.75) is 0 Å². The second kappa shape index (κ2) is 4.07. The number of benzene rings is 1. The Kier molecular flexibility index (Phi) is 2.61. The van der Waals surface area contributed by atoms with Crippen LogP contribution in [0.4, 0.5) is 11.6 Å². The number of hydrogen-bond acceptors (Lipinski definition) is 4. The molecule has 0 radical (unpaired) electrons. The van der Waals surface area contributed by atoms with Gasteiger partial charge in [0.2, 0.25) is 0 Å². The first kappa shape index (κ1) is 10.2. The quantitative estimate of drug-likeness (QED) is 0.762. The third-order valence-corrected chi connectivity index (χ3v) is 2.27. The minimum Gasteiger partial charge on any atom is -0.381 e. The highest BCUT2D eigenvalue weighted by atomic mass is 15.2. The fraction of sp³-hybridized carbons (Fsp3) is 0.167. The largest absolute Gasteiger partial charge is 0.381 e. The summed E-state index contributed by atoms with van der Waals surface area (Å²) in [6, 6.07) is 7.60. The minimum atomic E-state index is 0.399. The van der Waals surface area contributed by atoms with E-state index < -0.39 is 0 Å². The van der Waals surface area contributed by atoms with Crippen molar-refractivity contribution in [3.8, 4) is 12.3 Å². The summed E-state index contributed by atoms with van der Waals surface area (Å²) in [4.78, 5) is 10.5. The molecular weight excluding hydrogens is 200 g/mol. The summed E-state index contributed by atoms with van der Waals surface area (Å²) in [6.45, 7) is 0.456. The Morgan fingerprint density at radius 1 is 1.31 bits per heavy atom. The summed E-state index contributed by atoms with van der Waals surface area (Å²) in [6.07, 6.45) is 5.25. The average molecular weight is 212 g/mol. The predicted molar refractivity (Wildman–Crippen MR) is 66.1 cm³/mol. The molecule has 4 heteroatoms. The van der Waals surface area contributed by atoms with Gasteiger partial charge in [-0.15, -0.1) is 6.42 Å². The minimum absolute atomic E-state index is 0.399. The molecule has 2 rings (SSSR count). The molecule has 1 heterocycles. The van der Waals surface area contributed by atoms with Crippen molar-refractivity contribution in [2.75, 3.05) is 24.2 Å². The van der Waals surface area contributed by atoms with Gasteiger partial charge in [-0.1, -0.05) is 18.1 Å². The van der Waals surface area contributed by atoms with E-state index in [1.165, 1.54) is 0 Å². The smallest absolute Gasteiger partial charge is 0.172 e. The van der Waals surface area contributed by atoms with Crippen LogP contribution in [0.15, 0.2) is 24.3 Å². The number of para-hydroxylation sites is 2. The second-order valence-electron chi connectivity index (χ2n) is 3.48. The van der Waals surface area contributed by atoms with Crippen LogP contribution in [0.2, 0.25) is 0 Å². The molecule has 2 aromatic rings. The molecule has 0 aliphatic carbocycles. The van der Waals surface area contributed by atoms with Crippen molar-refractivity contribution in [1.29, 1.82) is 0 Å². The summed E-state index contributed by atoms with van der Waals surface area (Å²) >= 11 is 0. The van der Waals surface area contributed by atoms with Crippen LogP contribution in [0.3, 0.4) is 0 Å². The number of nitrogens with zero attached hydrogens (tertiary/aromatic N) is 3. The van der Waals surface area contributed by atoms with Crippen LogP contribution >= 0.6 is 0 Å². The van der Waals surface area contributed by atoms with Gasteiger partial charge < -0.3 is 10.6 Å². The number of terminal acetylenes is 1. The molecule has 0 bridgehead atoms.